The summed E-state index contributed by atoms with van der Waals surface area (Å²) >= 11 is 6.16. The number of benzene rings is 2. The fraction of sp³-hybridized carbons (Fsp3) is 0.316. The Morgan fingerprint density at radius 3 is 2.44 bits per heavy atom. The molecule has 1 unspecified atom stereocenters. The Morgan fingerprint density at radius 1 is 1.16 bits per heavy atom. The van der Waals surface area contributed by atoms with Crippen LogP contribution in [0.25, 0.3) is 0 Å². The first-order valence-corrected chi connectivity index (χ1v) is 9.25. The van der Waals surface area contributed by atoms with Crippen molar-refractivity contribution in [2.24, 2.45) is 5.92 Å². The maximum Gasteiger partial charge on any atom is 0.190 e. The molecule has 0 heterocycles. The van der Waals surface area contributed by atoms with Crippen molar-refractivity contribution in [2.45, 2.75) is 20.3 Å². The third-order valence-electron chi connectivity index (χ3n) is 3.50. The molecule has 1 radical (unpaired) electrons. The molecule has 2 aromatic carbocycles. The second-order valence-corrected chi connectivity index (χ2v) is 7.52. The zero-order valence-electron chi connectivity index (χ0n) is 15.1. The van der Waals surface area contributed by atoms with E-state index in [0.717, 1.165) is 17.5 Å². The molecule has 0 aliphatic rings. The Bertz CT molecular complexity index is 690. The van der Waals surface area contributed by atoms with Crippen LogP contribution in [0.3, 0.4) is 0 Å². The van der Waals surface area contributed by atoms with E-state index in [0.29, 0.717) is 28.9 Å². The predicted octanol–water partition coefficient (Wildman–Crippen LogP) is 4.54. The molecule has 1 atom stereocenters. The van der Waals surface area contributed by atoms with Crippen molar-refractivity contribution in [3.05, 3.63) is 53.1 Å². The van der Waals surface area contributed by atoms with Crippen molar-refractivity contribution in [2.75, 3.05) is 13.7 Å². The predicted molar refractivity (Wildman–Crippen MR) is 107 cm³/mol. The van der Waals surface area contributed by atoms with Gasteiger partial charge in [0.15, 0.2) is 5.52 Å². The Morgan fingerprint density at radius 2 is 1.84 bits per heavy atom. The number of carbonyl (C=O) groups excluding carboxylic acids is 1. The zero-order chi connectivity index (χ0) is 17.5. The molecule has 3 nitrogen and oxygen atoms in total. The van der Waals surface area contributed by atoms with E-state index >= 15 is 0 Å². The Kier molecular flexibility index (Phi) is 9.62. The number of ether oxygens (including phenoxy) is 2. The summed E-state index contributed by atoms with van der Waals surface area (Å²) in [6.07, 6.45) is 1.02. The van der Waals surface area contributed by atoms with Crippen molar-refractivity contribution < 1.29 is 14.3 Å². The topological polar surface area (TPSA) is 35.5 Å². The molecular weight excluding hydrogens is 350 g/mol. The number of carbonyl (C=O) groups is 1. The fourth-order valence-electron chi connectivity index (χ4n) is 2.14. The largest absolute Gasteiger partial charge is 0.496 e. The van der Waals surface area contributed by atoms with Crippen LogP contribution < -0.4 is 14.8 Å². The molecule has 0 aromatic heterocycles. The fourth-order valence-corrected chi connectivity index (χ4v) is 3.44. The molecule has 0 spiro atoms. The molecule has 0 N–H and O–H groups in total. The van der Waals surface area contributed by atoms with Crippen molar-refractivity contribution >= 4 is 49.9 Å². The quantitative estimate of drug-likeness (QED) is 0.505. The maximum atomic E-state index is 12.6. The van der Waals surface area contributed by atoms with Crippen LogP contribution >= 0.6 is 20.2 Å². The van der Waals surface area contributed by atoms with E-state index in [1.54, 1.807) is 18.2 Å². The molecule has 0 amide bonds. The molecule has 0 saturated heterocycles. The van der Waals surface area contributed by atoms with Gasteiger partial charge in [-0.1, -0.05) is 43.6 Å². The van der Waals surface area contributed by atoms with Gasteiger partial charge in [-0.3, -0.25) is 4.79 Å². The van der Waals surface area contributed by atoms with Crippen LogP contribution in [-0.2, 0) is 0 Å². The van der Waals surface area contributed by atoms with Gasteiger partial charge < -0.3 is 9.47 Å². The van der Waals surface area contributed by atoms with E-state index in [9.17, 15) is 4.79 Å². The summed E-state index contributed by atoms with van der Waals surface area (Å²) in [5.41, 5.74) is 0.406. The first-order chi connectivity index (χ1) is 11.5. The van der Waals surface area contributed by atoms with Crippen LogP contribution in [0.4, 0.5) is 0 Å². The van der Waals surface area contributed by atoms with Crippen LogP contribution in [0, 0.1) is 5.92 Å². The summed E-state index contributed by atoms with van der Waals surface area (Å²) in [5, 5.41) is 1.36. The zero-order valence-corrected chi connectivity index (χ0v) is 16.9. The number of hydrogen-bond donors (Lipinski definition) is 0. The molecular formula is C19H22ClLiO3P. The van der Waals surface area contributed by atoms with E-state index in [1.807, 2.05) is 24.3 Å². The Labute approximate surface area is 168 Å². The summed E-state index contributed by atoms with van der Waals surface area (Å²) in [7, 11) is 1.52. The third-order valence-corrected chi connectivity index (χ3v) is 4.91. The molecule has 2 rings (SSSR count). The number of halogens is 1. The van der Waals surface area contributed by atoms with Crippen molar-refractivity contribution in [3.63, 3.8) is 0 Å². The smallest absolute Gasteiger partial charge is 0.190 e. The van der Waals surface area contributed by atoms with Gasteiger partial charge in [0.25, 0.3) is 0 Å². The normalized spacial score (nSPS) is 10.8. The van der Waals surface area contributed by atoms with Gasteiger partial charge in [0.05, 0.1) is 24.3 Å². The van der Waals surface area contributed by atoms with Gasteiger partial charge in [-0.05, 0) is 50.5 Å². The van der Waals surface area contributed by atoms with E-state index in [4.69, 9.17) is 21.1 Å². The number of hydrogen-bond acceptors (Lipinski definition) is 3. The van der Waals surface area contributed by atoms with Gasteiger partial charge in [0.2, 0.25) is 0 Å². The van der Waals surface area contributed by atoms with Gasteiger partial charge in [0, 0.05) is 18.9 Å². The van der Waals surface area contributed by atoms with Gasteiger partial charge in [-0.15, -0.1) is 0 Å². The van der Waals surface area contributed by atoms with E-state index in [1.165, 1.54) is 7.11 Å². The summed E-state index contributed by atoms with van der Waals surface area (Å²) in [5.74, 6) is 1.95. The van der Waals surface area contributed by atoms with E-state index in [2.05, 4.69) is 13.8 Å². The monoisotopic (exact) mass is 371 g/mol. The second-order valence-electron chi connectivity index (χ2n) is 5.83. The third kappa shape index (κ3) is 6.68. The molecule has 0 bridgehead atoms. The molecule has 0 fully saturated rings. The standard InChI is InChI=1S/C19H22ClO3P.Li/c1-13(2)11-12-23-14-7-9-15(10-8-14)24-19(21)18-16(20)5-4-6-17(18)22-3;/h4-10,13,24H,11-12H2,1-3H3;. The summed E-state index contributed by atoms with van der Waals surface area (Å²) in [4.78, 5) is 12.6. The van der Waals surface area contributed by atoms with Gasteiger partial charge >= 0.3 is 0 Å². The van der Waals surface area contributed by atoms with Gasteiger partial charge in [-0.25, -0.2) is 0 Å². The molecule has 25 heavy (non-hydrogen) atoms. The average Bonchev–Trinajstić information content (AvgIpc) is 2.55. The van der Waals surface area contributed by atoms with Crippen LogP contribution in [0.15, 0.2) is 42.5 Å². The molecule has 129 valence electrons. The van der Waals surface area contributed by atoms with Crippen LogP contribution in [-0.4, -0.2) is 38.1 Å². The Balaban J connectivity index is 0.00000312. The van der Waals surface area contributed by atoms with E-state index < -0.39 is 0 Å². The van der Waals surface area contributed by atoms with Gasteiger partial charge in [0.1, 0.15) is 11.5 Å². The second kappa shape index (κ2) is 10.9. The molecule has 2 aromatic rings. The SMILES string of the molecule is COc1cccc(Cl)c1C(=O)Pc1ccc(OCCC(C)C)cc1.[Li]. The summed E-state index contributed by atoms with van der Waals surface area (Å²) in [6.45, 7) is 5.04. The average molecular weight is 372 g/mol. The van der Waals surface area contributed by atoms with Crippen LogP contribution in [0.1, 0.15) is 30.6 Å². The minimum Gasteiger partial charge on any atom is -0.496 e. The van der Waals surface area contributed by atoms with Crippen LogP contribution in [0.2, 0.25) is 5.02 Å². The summed E-state index contributed by atoms with van der Waals surface area (Å²) in [6, 6.07) is 12.9. The maximum absolute atomic E-state index is 12.6. The van der Waals surface area contributed by atoms with Gasteiger partial charge in [-0.2, -0.15) is 0 Å². The Hall–Kier alpha value is -0.973. The van der Waals surface area contributed by atoms with Crippen LogP contribution in [0.5, 0.6) is 11.5 Å². The van der Waals surface area contributed by atoms with Crippen molar-refractivity contribution in [1.82, 2.24) is 0 Å². The molecule has 6 heteroatoms. The number of rotatable bonds is 8. The minimum atomic E-state index is -0.0362. The number of methoxy groups -OCH3 is 1. The molecule has 0 aliphatic heterocycles. The van der Waals surface area contributed by atoms with Crippen molar-refractivity contribution in [1.29, 1.82) is 0 Å². The van der Waals surface area contributed by atoms with Crippen molar-refractivity contribution in [3.8, 4) is 11.5 Å². The molecule has 0 saturated carbocycles. The van der Waals surface area contributed by atoms with E-state index in [-0.39, 0.29) is 33.0 Å². The summed E-state index contributed by atoms with van der Waals surface area (Å²) < 4.78 is 10.9. The minimum absolute atomic E-state index is 0. The molecule has 0 aliphatic carbocycles. The first kappa shape index (κ1) is 22.1. The first-order valence-electron chi connectivity index (χ1n) is 7.88.